The lowest BCUT2D eigenvalue weighted by Crippen LogP contribution is -2.11. The number of hydrogen-bond acceptors (Lipinski definition) is 3. The number of fused-ring (bicyclic) bond motifs is 1. The van der Waals surface area contributed by atoms with Crippen LogP contribution >= 0.6 is 15.9 Å². The van der Waals surface area contributed by atoms with Gasteiger partial charge in [-0.25, -0.2) is 0 Å². The molecule has 0 aromatic heterocycles. The molecule has 0 bridgehead atoms. The summed E-state index contributed by atoms with van der Waals surface area (Å²) >= 11 is 3.48. The molecule has 0 aliphatic carbocycles. The van der Waals surface area contributed by atoms with Crippen molar-refractivity contribution >= 4 is 15.9 Å². The molecule has 0 saturated carbocycles. The molecule has 0 saturated heterocycles. The van der Waals surface area contributed by atoms with Gasteiger partial charge in [0, 0.05) is 31.0 Å². The van der Waals surface area contributed by atoms with Gasteiger partial charge in [0.25, 0.3) is 0 Å². The van der Waals surface area contributed by atoms with Gasteiger partial charge in [-0.05, 0) is 30.5 Å². The maximum atomic E-state index is 5.87. The lowest BCUT2D eigenvalue weighted by Gasteiger charge is -2.21. The summed E-state index contributed by atoms with van der Waals surface area (Å²) in [6.45, 7) is 2.23. The Morgan fingerprint density at radius 1 is 1.33 bits per heavy atom. The Balaban J connectivity index is 2.11. The van der Waals surface area contributed by atoms with Gasteiger partial charge in [0.1, 0.15) is 11.5 Å². The smallest absolute Gasteiger partial charge is 0.126 e. The van der Waals surface area contributed by atoms with Crippen LogP contribution in [0.2, 0.25) is 0 Å². The zero-order chi connectivity index (χ0) is 12.8. The molecule has 0 atom stereocenters. The molecule has 100 valence electrons. The fraction of sp³-hybridized carbons (Fsp3) is 0.571. The SMILES string of the molecule is COCCCOc1cc(CBr)cc2c1CCCO2. The summed E-state index contributed by atoms with van der Waals surface area (Å²) in [5, 5.41) is 0.818. The monoisotopic (exact) mass is 314 g/mol. The number of alkyl halides is 1. The first-order valence-corrected chi connectivity index (χ1v) is 7.43. The van der Waals surface area contributed by atoms with Gasteiger partial charge in [-0.15, -0.1) is 0 Å². The van der Waals surface area contributed by atoms with Crippen molar-refractivity contribution < 1.29 is 14.2 Å². The van der Waals surface area contributed by atoms with E-state index in [4.69, 9.17) is 14.2 Å². The van der Waals surface area contributed by atoms with Crippen LogP contribution in [-0.2, 0) is 16.5 Å². The Hall–Kier alpha value is -0.740. The van der Waals surface area contributed by atoms with E-state index in [9.17, 15) is 0 Å². The molecule has 3 nitrogen and oxygen atoms in total. The van der Waals surface area contributed by atoms with Gasteiger partial charge in [0.05, 0.1) is 13.2 Å². The van der Waals surface area contributed by atoms with Crippen LogP contribution in [0, 0.1) is 0 Å². The molecule has 0 unspecified atom stereocenters. The van der Waals surface area contributed by atoms with Crippen molar-refractivity contribution in [3.8, 4) is 11.5 Å². The number of halogens is 1. The van der Waals surface area contributed by atoms with Gasteiger partial charge in [0.15, 0.2) is 0 Å². The molecule has 0 N–H and O–H groups in total. The standard InChI is InChI=1S/C14H19BrO3/c1-16-5-3-7-18-14-9-11(10-15)8-13-12(14)4-2-6-17-13/h8-9H,2-7,10H2,1H3. The Morgan fingerprint density at radius 2 is 2.22 bits per heavy atom. The maximum absolute atomic E-state index is 5.87. The predicted molar refractivity (Wildman–Crippen MR) is 74.9 cm³/mol. The minimum Gasteiger partial charge on any atom is -0.493 e. The number of benzene rings is 1. The van der Waals surface area contributed by atoms with Crippen molar-refractivity contribution in [3.63, 3.8) is 0 Å². The maximum Gasteiger partial charge on any atom is 0.126 e. The summed E-state index contributed by atoms with van der Waals surface area (Å²) in [7, 11) is 1.71. The van der Waals surface area contributed by atoms with Crippen molar-refractivity contribution in [3.05, 3.63) is 23.3 Å². The van der Waals surface area contributed by atoms with E-state index in [-0.39, 0.29) is 0 Å². The summed E-state index contributed by atoms with van der Waals surface area (Å²) in [5.41, 5.74) is 2.40. The molecule has 1 aliphatic heterocycles. The lowest BCUT2D eigenvalue weighted by molar-refractivity contribution is 0.171. The Bertz CT molecular complexity index is 393. The summed E-state index contributed by atoms with van der Waals surface area (Å²) in [6, 6.07) is 4.21. The summed E-state index contributed by atoms with van der Waals surface area (Å²) in [6.07, 6.45) is 3.01. The first-order valence-electron chi connectivity index (χ1n) is 6.31. The zero-order valence-corrected chi connectivity index (χ0v) is 12.3. The van der Waals surface area contributed by atoms with Gasteiger partial charge >= 0.3 is 0 Å². The molecule has 4 heteroatoms. The van der Waals surface area contributed by atoms with E-state index in [0.717, 1.165) is 49.3 Å². The van der Waals surface area contributed by atoms with Crippen molar-refractivity contribution in [1.82, 2.24) is 0 Å². The van der Waals surface area contributed by atoms with Crippen LogP contribution in [0.25, 0.3) is 0 Å². The van der Waals surface area contributed by atoms with Crippen LogP contribution in [-0.4, -0.2) is 26.9 Å². The van der Waals surface area contributed by atoms with Gasteiger partial charge in [-0.3, -0.25) is 0 Å². The fourth-order valence-electron chi connectivity index (χ4n) is 2.07. The topological polar surface area (TPSA) is 27.7 Å². The van der Waals surface area contributed by atoms with Gasteiger partial charge in [-0.1, -0.05) is 15.9 Å². The average Bonchev–Trinajstić information content (AvgIpc) is 2.43. The molecule has 1 aromatic rings. The van der Waals surface area contributed by atoms with Crippen LogP contribution in [0.4, 0.5) is 0 Å². The molecule has 1 aliphatic rings. The third-order valence-electron chi connectivity index (χ3n) is 2.96. The Labute approximate surface area is 117 Å². The van der Waals surface area contributed by atoms with E-state index < -0.39 is 0 Å². The Morgan fingerprint density at radius 3 is 3.00 bits per heavy atom. The summed E-state index contributed by atoms with van der Waals surface area (Å²) < 4.78 is 16.6. The highest BCUT2D eigenvalue weighted by Crippen LogP contribution is 2.35. The highest BCUT2D eigenvalue weighted by Gasteiger charge is 2.16. The molecule has 0 spiro atoms. The zero-order valence-electron chi connectivity index (χ0n) is 10.7. The number of methoxy groups -OCH3 is 1. The minimum atomic E-state index is 0.687. The molecule has 0 fully saturated rings. The van der Waals surface area contributed by atoms with Gasteiger partial charge in [-0.2, -0.15) is 0 Å². The second kappa shape index (κ2) is 7.00. The van der Waals surface area contributed by atoms with Crippen molar-refractivity contribution in [2.75, 3.05) is 26.9 Å². The molecule has 0 amide bonds. The second-order valence-corrected chi connectivity index (χ2v) is 4.91. The van der Waals surface area contributed by atoms with Gasteiger partial charge < -0.3 is 14.2 Å². The number of rotatable bonds is 6. The van der Waals surface area contributed by atoms with Crippen molar-refractivity contribution in [2.45, 2.75) is 24.6 Å². The molecule has 1 aromatic carbocycles. The molecular formula is C14H19BrO3. The number of hydrogen-bond donors (Lipinski definition) is 0. The van der Waals surface area contributed by atoms with Crippen LogP contribution in [0.3, 0.4) is 0 Å². The highest BCUT2D eigenvalue weighted by molar-refractivity contribution is 9.08. The molecule has 2 rings (SSSR count). The van der Waals surface area contributed by atoms with E-state index in [1.807, 2.05) is 0 Å². The average molecular weight is 315 g/mol. The largest absolute Gasteiger partial charge is 0.493 e. The normalized spacial score (nSPS) is 13.9. The molecule has 18 heavy (non-hydrogen) atoms. The predicted octanol–water partition coefficient (Wildman–Crippen LogP) is 3.32. The third kappa shape index (κ3) is 3.39. The summed E-state index contributed by atoms with van der Waals surface area (Å²) in [4.78, 5) is 0. The third-order valence-corrected chi connectivity index (χ3v) is 3.61. The first-order chi connectivity index (χ1) is 8.85. The van der Waals surface area contributed by atoms with E-state index in [1.165, 1.54) is 11.1 Å². The second-order valence-electron chi connectivity index (χ2n) is 4.35. The van der Waals surface area contributed by atoms with Crippen molar-refractivity contribution in [2.24, 2.45) is 0 Å². The molecular weight excluding hydrogens is 296 g/mol. The van der Waals surface area contributed by atoms with Crippen LogP contribution < -0.4 is 9.47 Å². The van der Waals surface area contributed by atoms with E-state index in [2.05, 4.69) is 28.1 Å². The molecule has 1 heterocycles. The lowest BCUT2D eigenvalue weighted by atomic mass is 10.0. The first kappa shape index (κ1) is 13.7. The van der Waals surface area contributed by atoms with Crippen molar-refractivity contribution in [1.29, 1.82) is 0 Å². The molecule has 0 radical (unpaired) electrons. The van der Waals surface area contributed by atoms with Crippen LogP contribution in [0.5, 0.6) is 11.5 Å². The van der Waals surface area contributed by atoms with Gasteiger partial charge in [0.2, 0.25) is 0 Å². The quantitative estimate of drug-likeness (QED) is 0.595. The fourth-order valence-corrected chi connectivity index (χ4v) is 2.40. The van der Waals surface area contributed by atoms with Crippen LogP contribution in [0.1, 0.15) is 24.0 Å². The van der Waals surface area contributed by atoms with E-state index in [0.29, 0.717) is 6.61 Å². The number of ether oxygens (including phenoxy) is 3. The highest BCUT2D eigenvalue weighted by atomic mass is 79.9. The van der Waals surface area contributed by atoms with E-state index >= 15 is 0 Å². The van der Waals surface area contributed by atoms with Crippen LogP contribution in [0.15, 0.2) is 12.1 Å². The van der Waals surface area contributed by atoms with E-state index in [1.54, 1.807) is 7.11 Å². The minimum absolute atomic E-state index is 0.687. The summed E-state index contributed by atoms with van der Waals surface area (Å²) in [5.74, 6) is 1.96. The Kier molecular flexibility index (Phi) is 5.32.